The Bertz CT molecular complexity index is 1140. The lowest BCUT2D eigenvalue weighted by atomic mass is 10.1. The first-order valence-electron chi connectivity index (χ1n) is 8.43. The summed E-state index contributed by atoms with van der Waals surface area (Å²) in [6.07, 6.45) is 3.56. The molecule has 1 aromatic carbocycles. The number of hydrogen-bond acceptors (Lipinski definition) is 5. The summed E-state index contributed by atoms with van der Waals surface area (Å²) in [4.78, 5) is 13.0. The second-order valence-corrected chi connectivity index (χ2v) is 6.14. The Labute approximate surface area is 158 Å². The predicted molar refractivity (Wildman–Crippen MR) is 98.6 cm³/mol. The van der Waals surface area contributed by atoms with E-state index < -0.39 is 17.8 Å². The Morgan fingerprint density at radius 3 is 2.75 bits per heavy atom. The molecule has 0 fully saturated rings. The molecule has 0 saturated heterocycles. The highest BCUT2D eigenvalue weighted by molar-refractivity contribution is 5.73. The Balaban J connectivity index is 1.73. The number of nitrogens with one attached hydrogen (secondary N) is 1. The monoisotopic (exact) mass is 384 g/mol. The number of fused-ring (bicyclic) bond motifs is 1. The molecule has 0 atom stereocenters. The van der Waals surface area contributed by atoms with E-state index in [-0.39, 0.29) is 0 Å². The van der Waals surface area contributed by atoms with Crippen molar-refractivity contribution in [2.75, 3.05) is 12.4 Å². The number of aromatic nitrogens is 5. The predicted octanol–water partition coefficient (Wildman–Crippen LogP) is 4.06. The highest BCUT2D eigenvalue weighted by Gasteiger charge is 2.16. The summed E-state index contributed by atoms with van der Waals surface area (Å²) in [5.74, 6) is -0.949. The fraction of sp³-hybridized carbons (Fsp3) is 0.158. The minimum absolute atomic E-state index is 0.359. The molecular formula is C19H15F3N6. The van der Waals surface area contributed by atoms with Crippen molar-refractivity contribution in [1.29, 1.82) is 0 Å². The summed E-state index contributed by atoms with van der Waals surface area (Å²) in [7, 11) is 1.80. The molecule has 142 valence electrons. The molecule has 6 nitrogen and oxygen atoms in total. The molecule has 0 saturated carbocycles. The van der Waals surface area contributed by atoms with Gasteiger partial charge in [0.1, 0.15) is 11.3 Å². The van der Waals surface area contributed by atoms with Crippen molar-refractivity contribution in [2.24, 2.45) is 0 Å². The molecule has 0 bridgehead atoms. The molecule has 0 radical (unpaired) electrons. The van der Waals surface area contributed by atoms with E-state index in [0.717, 1.165) is 23.4 Å². The van der Waals surface area contributed by atoms with Crippen LogP contribution < -0.4 is 5.32 Å². The van der Waals surface area contributed by atoms with E-state index in [9.17, 15) is 13.2 Å². The molecule has 28 heavy (non-hydrogen) atoms. The van der Waals surface area contributed by atoms with E-state index in [4.69, 9.17) is 0 Å². The zero-order valence-electron chi connectivity index (χ0n) is 14.8. The number of hydrogen-bond donors (Lipinski definition) is 1. The van der Waals surface area contributed by atoms with E-state index >= 15 is 0 Å². The maximum absolute atomic E-state index is 13.6. The summed E-state index contributed by atoms with van der Waals surface area (Å²) >= 11 is 0. The highest BCUT2D eigenvalue weighted by atomic mass is 19.3. The number of nitrogens with zero attached hydrogens (tertiary/aromatic N) is 5. The van der Waals surface area contributed by atoms with Gasteiger partial charge in [-0.25, -0.2) is 27.8 Å². The van der Waals surface area contributed by atoms with Gasteiger partial charge in [-0.2, -0.15) is 5.10 Å². The van der Waals surface area contributed by atoms with Gasteiger partial charge in [-0.1, -0.05) is 0 Å². The molecule has 9 heteroatoms. The molecule has 0 spiro atoms. The Morgan fingerprint density at radius 1 is 1.11 bits per heavy atom. The lowest BCUT2D eigenvalue weighted by molar-refractivity contribution is 0.146. The number of benzene rings is 1. The van der Waals surface area contributed by atoms with Crippen LogP contribution in [0.2, 0.25) is 0 Å². The standard InChI is InChI=1S/C19H15F3N6/c1-23-13-4-11(6-24-7-13)10-28-19-17(9-26-28)25-8-16(27-19)12-2-3-15(20)14(5-12)18(21)22/h2-9,18,23H,10H2,1H3. The third kappa shape index (κ3) is 3.38. The van der Waals surface area contributed by atoms with Crippen molar-refractivity contribution in [1.82, 2.24) is 24.7 Å². The van der Waals surface area contributed by atoms with Gasteiger partial charge in [0.2, 0.25) is 0 Å². The SMILES string of the molecule is CNc1cncc(Cn2ncc3ncc(-c4ccc(F)c(C(F)F)c4)nc32)c1. The Morgan fingerprint density at radius 2 is 1.96 bits per heavy atom. The number of anilines is 1. The molecule has 0 unspecified atom stereocenters. The lowest BCUT2D eigenvalue weighted by Crippen LogP contribution is -2.04. The third-order valence-electron chi connectivity index (χ3n) is 4.29. The fourth-order valence-electron chi connectivity index (χ4n) is 2.86. The summed E-state index contributed by atoms with van der Waals surface area (Å²) in [5, 5.41) is 7.33. The average Bonchev–Trinajstić information content (AvgIpc) is 3.10. The van der Waals surface area contributed by atoms with Gasteiger partial charge < -0.3 is 5.32 Å². The summed E-state index contributed by atoms with van der Waals surface area (Å²) in [5.41, 5.74) is 2.89. The van der Waals surface area contributed by atoms with Gasteiger partial charge in [0.05, 0.1) is 35.9 Å². The average molecular weight is 384 g/mol. The lowest BCUT2D eigenvalue weighted by Gasteiger charge is -2.08. The van der Waals surface area contributed by atoms with Crippen LogP contribution in [0.1, 0.15) is 17.6 Å². The minimum atomic E-state index is -2.91. The van der Waals surface area contributed by atoms with E-state index in [0.29, 0.717) is 29.0 Å². The first-order valence-corrected chi connectivity index (χ1v) is 8.43. The zero-order chi connectivity index (χ0) is 19.7. The van der Waals surface area contributed by atoms with Gasteiger partial charge in [-0.15, -0.1) is 0 Å². The van der Waals surface area contributed by atoms with Crippen LogP contribution in [0.5, 0.6) is 0 Å². The Hall–Kier alpha value is -3.49. The molecule has 0 aliphatic heterocycles. The fourth-order valence-corrected chi connectivity index (χ4v) is 2.86. The van der Waals surface area contributed by atoms with Crippen molar-refractivity contribution >= 4 is 16.9 Å². The molecule has 0 aliphatic rings. The van der Waals surface area contributed by atoms with Crippen LogP contribution in [0.4, 0.5) is 18.9 Å². The van der Waals surface area contributed by atoms with E-state index in [2.05, 4.69) is 25.4 Å². The minimum Gasteiger partial charge on any atom is -0.387 e. The van der Waals surface area contributed by atoms with Gasteiger partial charge in [0.25, 0.3) is 6.43 Å². The van der Waals surface area contributed by atoms with Crippen molar-refractivity contribution in [2.45, 2.75) is 13.0 Å². The van der Waals surface area contributed by atoms with Gasteiger partial charge in [-0.05, 0) is 29.8 Å². The van der Waals surface area contributed by atoms with Crippen LogP contribution in [0.25, 0.3) is 22.4 Å². The van der Waals surface area contributed by atoms with E-state index in [1.165, 1.54) is 12.3 Å². The van der Waals surface area contributed by atoms with Gasteiger partial charge in [0, 0.05) is 25.0 Å². The molecule has 4 aromatic rings. The van der Waals surface area contributed by atoms with Crippen molar-refractivity contribution in [3.8, 4) is 11.3 Å². The first kappa shape index (κ1) is 17.9. The maximum atomic E-state index is 13.6. The largest absolute Gasteiger partial charge is 0.387 e. The third-order valence-corrected chi connectivity index (χ3v) is 4.29. The van der Waals surface area contributed by atoms with Crippen molar-refractivity contribution in [3.63, 3.8) is 0 Å². The van der Waals surface area contributed by atoms with E-state index in [1.54, 1.807) is 30.3 Å². The first-order chi connectivity index (χ1) is 13.5. The van der Waals surface area contributed by atoms with Crippen LogP contribution >= 0.6 is 0 Å². The maximum Gasteiger partial charge on any atom is 0.266 e. The second-order valence-electron chi connectivity index (χ2n) is 6.14. The summed E-state index contributed by atoms with van der Waals surface area (Å²) in [6.45, 7) is 0.413. The second kappa shape index (κ2) is 7.26. The quantitative estimate of drug-likeness (QED) is 0.562. The molecule has 0 amide bonds. The van der Waals surface area contributed by atoms with Gasteiger partial charge >= 0.3 is 0 Å². The molecular weight excluding hydrogens is 369 g/mol. The summed E-state index contributed by atoms with van der Waals surface area (Å²) < 4.78 is 41.2. The molecule has 4 rings (SSSR count). The van der Waals surface area contributed by atoms with Crippen LogP contribution in [-0.4, -0.2) is 31.8 Å². The van der Waals surface area contributed by atoms with Crippen LogP contribution in [-0.2, 0) is 6.54 Å². The van der Waals surface area contributed by atoms with Crippen molar-refractivity contribution < 1.29 is 13.2 Å². The number of alkyl halides is 2. The smallest absolute Gasteiger partial charge is 0.266 e. The highest BCUT2D eigenvalue weighted by Crippen LogP contribution is 2.27. The van der Waals surface area contributed by atoms with E-state index in [1.807, 2.05) is 6.07 Å². The number of pyridine rings is 1. The molecule has 3 aromatic heterocycles. The van der Waals surface area contributed by atoms with Gasteiger partial charge in [-0.3, -0.25) is 4.98 Å². The number of rotatable bonds is 5. The van der Waals surface area contributed by atoms with Gasteiger partial charge in [0.15, 0.2) is 5.65 Å². The molecule has 1 N–H and O–H groups in total. The zero-order valence-corrected chi connectivity index (χ0v) is 14.8. The van der Waals surface area contributed by atoms with Crippen molar-refractivity contribution in [3.05, 3.63) is 66.0 Å². The van der Waals surface area contributed by atoms with Crippen LogP contribution in [0, 0.1) is 5.82 Å². The normalized spacial score (nSPS) is 11.3. The van der Waals surface area contributed by atoms with Crippen LogP contribution in [0.3, 0.4) is 0 Å². The molecule has 0 aliphatic carbocycles. The molecule has 3 heterocycles. The van der Waals surface area contributed by atoms with Crippen LogP contribution in [0.15, 0.2) is 49.1 Å². The summed E-state index contributed by atoms with van der Waals surface area (Å²) in [6, 6.07) is 5.44. The number of halogens is 3. The Kier molecular flexibility index (Phi) is 4.64. The topological polar surface area (TPSA) is 68.5 Å².